The van der Waals surface area contributed by atoms with E-state index in [1.807, 2.05) is 25.2 Å². The summed E-state index contributed by atoms with van der Waals surface area (Å²) in [5.74, 6) is -0.782. The van der Waals surface area contributed by atoms with E-state index < -0.39 is 36.2 Å². The molecule has 106 heavy (non-hydrogen) atoms. The number of hydrogen-bond donors (Lipinski definition) is 6. The van der Waals surface area contributed by atoms with E-state index >= 15 is 0 Å². The van der Waals surface area contributed by atoms with Crippen LogP contribution in [-0.2, 0) is 71.8 Å². The lowest BCUT2D eigenvalue weighted by molar-refractivity contribution is -0.119. The third-order valence-electron chi connectivity index (χ3n) is 20.4. The number of piperazine rings is 1. The van der Waals surface area contributed by atoms with Gasteiger partial charge in [0.1, 0.15) is 12.6 Å². The number of nitrogens with one attached hydrogen (secondary N) is 5. The van der Waals surface area contributed by atoms with E-state index in [1.54, 1.807) is 31.4 Å². The Hall–Kier alpha value is -7.36. The van der Waals surface area contributed by atoms with Gasteiger partial charge in [0, 0.05) is 71.3 Å². The van der Waals surface area contributed by atoms with Crippen molar-refractivity contribution in [2.45, 2.75) is 154 Å². The van der Waals surface area contributed by atoms with Crippen LogP contribution in [0, 0.1) is 27.7 Å². The largest absolute Gasteiger partial charge is 0.392 e. The number of carbonyl (C=O) groups excluding carboxylic acids is 5. The van der Waals surface area contributed by atoms with Crippen LogP contribution >= 0.6 is 45.3 Å². The van der Waals surface area contributed by atoms with Crippen molar-refractivity contribution < 1.29 is 59.1 Å². The van der Waals surface area contributed by atoms with Gasteiger partial charge in [-0.05, 0) is 192 Å². The van der Waals surface area contributed by atoms with Gasteiger partial charge in [-0.2, -0.15) is 12.9 Å². The van der Waals surface area contributed by atoms with Crippen LogP contribution in [0.5, 0.6) is 0 Å². The first-order chi connectivity index (χ1) is 50.6. The summed E-state index contributed by atoms with van der Waals surface area (Å²) in [5.41, 5.74) is 14.8. The molecule has 0 radical (unpaired) electrons. The van der Waals surface area contributed by atoms with Crippen molar-refractivity contribution in [2.75, 3.05) is 66.5 Å². The molecule has 0 bridgehead atoms. The molecule has 7 heterocycles. The minimum Gasteiger partial charge on any atom is -0.392 e. The topological polar surface area (TPSA) is 290 Å². The number of benzene rings is 4. The minimum absolute atomic E-state index is 0.0112. The third kappa shape index (κ3) is 18.3. The summed E-state index contributed by atoms with van der Waals surface area (Å²) < 4.78 is 86.7. The highest BCUT2D eigenvalue weighted by atomic mass is 32.3. The molecule has 5 amide bonds. The van der Waals surface area contributed by atoms with E-state index in [9.17, 15) is 54.3 Å². The Bertz CT molecular complexity index is 4800. The molecule has 3 aliphatic heterocycles. The second-order valence-electron chi connectivity index (χ2n) is 28.1. The Labute approximate surface area is 637 Å². The van der Waals surface area contributed by atoms with Crippen molar-refractivity contribution in [3.8, 4) is 0 Å². The zero-order valence-electron chi connectivity index (χ0n) is 60.4. The number of β-amino-alcohol motifs (C(OH)–C–C–N with tert-alkyl or cyclic N) is 1. The summed E-state index contributed by atoms with van der Waals surface area (Å²) in [7, 11) is -7.19. The molecule has 22 nitrogen and oxygen atoms in total. The minimum atomic E-state index is -3.65. The normalized spacial score (nSPS) is 20.7. The Kier molecular flexibility index (Phi) is 24.8. The smallest absolute Gasteiger partial charge is 0.261 e. The van der Waals surface area contributed by atoms with Crippen LogP contribution in [0.3, 0.4) is 0 Å². The van der Waals surface area contributed by atoms with Crippen molar-refractivity contribution in [3.63, 3.8) is 0 Å². The number of fused-ring (bicyclic) bond motifs is 4. The Morgan fingerprint density at radius 1 is 0.434 bits per heavy atom. The molecule has 29 heteroatoms. The molecule has 4 aliphatic carbocycles. The fourth-order valence-corrected chi connectivity index (χ4v) is 23.8. The van der Waals surface area contributed by atoms with Crippen LogP contribution in [0.1, 0.15) is 180 Å². The molecule has 15 rings (SSSR count). The molecular weight excluding hydrogens is 1480 g/mol. The first-order valence-corrected chi connectivity index (χ1v) is 43.3. The lowest BCUT2D eigenvalue weighted by atomic mass is 10.1. The van der Waals surface area contributed by atoms with Gasteiger partial charge in [-0.1, -0.05) is 95.1 Å². The standard InChI is InChI=1S/C20H25N3O3S2.C20H24N2O4S2.C19H22N2O4S2.C18H20N2O2S/c1-14-3-5-16-15(13-14)4-6-17(16)21-20(24)18-7-8-19(27-18)28(25,26)23-11-9-22(2)10-12-23;1-13-3-5-16-14(11-13)4-6-17(16)21-20(23)18-7-8-19(27-18)28(24,25)22-10-9-15(12-22)26-2;1-12-2-4-15-13(10-12)3-5-16(15)20-19(23)17-6-7-18(26-17)27(24,25)21-9-8-14(22)11-21;1-11-3-6-15-13(9-11)4-7-16(15)20-18(22)17-8-5-14(23-17)10-19-12(2)21/h3,5,7-8,13,17H,4,6,9-12H2,1-2H3,(H,21,24);3,5,7-8,11,15,17H,4,6,9-10,12H2,1-2H3,(H,21,23);2,4,6-7,10,14,16,22H,3,5,8-9,11H2,1H3,(H,20,23);3,5-6,8-9,16H,4,7,10H2,1-2H3,(H,19,21)(H,20,22)/t17-;15-,17+;14-,16+;16-/m1001/s1. The van der Waals surface area contributed by atoms with Gasteiger partial charge in [0.15, 0.2) is 0 Å². The van der Waals surface area contributed by atoms with Crippen LogP contribution in [0.2, 0.25) is 0 Å². The van der Waals surface area contributed by atoms with E-state index in [-0.39, 0.29) is 79.0 Å². The zero-order valence-corrected chi connectivity index (χ0v) is 66.2. The van der Waals surface area contributed by atoms with Gasteiger partial charge in [0.2, 0.25) is 5.91 Å². The Morgan fingerprint density at radius 3 is 1.11 bits per heavy atom. The molecule has 7 aliphatic rings. The second kappa shape index (κ2) is 33.6. The van der Waals surface area contributed by atoms with Gasteiger partial charge < -0.3 is 41.3 Å². The van der Waals surface area contributed by atoms with Crippen LogP contribution in [0.4, 0.5) is 0 Å². The number of likely N-dealkylation sites (N-methyl/N-ethyl adjacent to an activating group) is 1. The number of hydrogen-bond acceptors (Lipinski definition) is 18. The van der Waals surface area contributed by atoms with Crippen molar-refractivity contribution in [1.29, 1.82) is 0 Å². The molecule has 3 fully saturated rings. The lowest BCUT2D eigenvalue weighted by Gasteiger charge is -2.31. The van der Waals surface area contributed by atoms with Crippen molar-refractivity contribution in [1.82, 2.24) is 44.4 Å². The highest BCUT2D eigenvalue weighted by Gasteiger charge is 2.37. The summed E-state index contributed by atoms with van der Waals surface area (Å²) in [6.07, 6.45) is 7.85. The first kappa shape index (κ1) is 78.2. The van der Waals surface area contributed by atoms with E-state index in [0.717, 1.165) is 114 Å². The van der Waals surface area contributed by atoms with Crippen LogP contribution in [0.15, 0.2) is 134 Å². The molecule has 4 aromatic carbocycles. The number of aliphatic hydroxyl groups excluding tert-OH is 1. The van der Waals surface area contributed by atoms with Gasteiger partial charge in [0.25, 0.3) is 53.7 Å². The van der Waals surface area contributed by atoms with Crippen molar-refractivity contribution in [3.05, 3.63) is 212 Å². The van der Waals surface area contributed by atoms with Crippen LogP contribution < -0.4 is 26.6 Å². The summed E-state index contributed by atoms with van der Waals surface area (Å²) in [6.45, 7) is 13.9. The molecule has 8 aromatic rings. The molecule has 0 unspecified atom stereocenters. The third-order valence-corrected chi connectivity index (χ3v) is 31.7. The van der Waals surface area contributed by atoms with E-state index in [1.165, 1.54) is 98.9 Å². The molecule has 0 spiro atoms. The Morgan fingerprint density at radius 2 is 0.774 bits per heavy atom. The summed E-state index contributed by atoms with van der Waals surface area (Å²) in [6, 6.07) is 38.4. The quantitative estimate of drug-likeness (QED) is 0.0494. The molecule has 6 atom stereocenters. The van der Waals surface area contributed by atoms with Crippen LogP contribution in [0.25, 0.3) is 0 Å². The first-order valence-electron chi connectivity index (χ1n) is 35.7. The van der Waals surface area contributed by atoms with E-state index in [4.69, 9.17) is 4.74 Å². The number of ether oxygens (including phenoxy) is 1. The van der Waals surface area contributed by atoms with Gasteiger partial charge in [-0.25, -0.2) is 25.3 Å². The van der Waals surface area contributed by atoms with E-state index in [0.29, 0.717) is 71.6 Å². The van der Waals surface area contributed by atoms with Crippen LogP contribution in [-0.4, -0.2) is 156 Å². The maximum atomic E-state index is 12.9. The fourth-order valence-electron chi connectivity index (χ4n) is 14.5. The summed E-state index contributed by atoms with van der Waals surface area (Å²) in [4.78, 5) is 66.5. The second-order valence-corrected chi connectivity index (χ2v) is 39.0. The zero-order chi connectivity index (χ0) is 75.4. The number of aryl methyl sites for hydroxylation is 8. The van der Waals surface area contributed by atoms with E-state index in [2.05, 4.69) is 126 Å². The highest BCUT2D eigenvalue weighted by molar-refractivity contribution is 7.92. The number of amides is 5. The molecule has 4 aromatic heterocycles. The van der Waals surface area contributed by atoms with Gasteiger partial charge >= 0.3 is 0 Å². The lowest BCUT2D eigenvalue weighted by Crippen LogP contribution is -2.46. The molecule has 0 saturated carbocycles. The highest BCUT2D eigenvalue weighted by Crippen LogP contribution is 2.38. The molecule has 564 valence electrons. The Balaban J connectivity index is 0.000000133. The molecular formula is C77H91N9O13S7. The number of rotatable bonds is 17. The number of thiophene rings is 4. The number of nitrogens with zero attached hydrogens (tertiary/aromatic N) is 4. The van der Waals surface area contributed by atoms with Crippen molar-refractivity contribution in [2.24, 2.45) is 0 Å². The number of methoxy groups -OCH3 is 1. The summed E-state index contributed by atoms with van der Waals surface area (Å²) >= 11 is 4.49. The number of aliphatic hydroxyl groups is 1. The molecule has 3 saturated heterocycles. The maximum absolute atomic E-state index is 12.9. The maximum Gasteiger partial charge on any atom is 0.261 e. The number of carbonyl (C=O) groups is 5. The fraction of sp³-hybridized carbons (Fsp3) is 0.416. The number of sulfonamides is 3. The molecule has 6 N–H and O–H groups in total. The summed E-state index contributed by atoms with van der Waals surface area (Å²) in [5, 5.41) is 24.6. The van der Waals surface area contributed by atoms with Gasteiger partial charge in [-0.3, -0.25) is 24.0 Å². The average Bonchev–Trinajstić information content (AvgIpc) is 1.66. The SMILES string of the molecule is CC(=O)NCc1ccc(C(=O)N[C@@H]2CCc3cc(C)ccc32)s1.CO[C@H]1CCN(S(=O)(=O)c2ccc(C(=O)N[C@@H]3CCc4cc(C)ccc43)s2)C1.Cc1ccc2c(c1)CC[C@H]2NC(=O)c1ccc(S(=O)(=O)N2CCN(C)CC2)s1.Cc1ccc2c(c1)CC[C@H]2NC(=O)c1ccc(S(=O)(=O)N2CC[C@H](O)C2)s1. The van der Waals surface area contributed by atoms with Crippen molar-refractivity contribution >= 4 is 105 Å². The average molecular weight is 1580 g/mol. The predicted molar refractivity (Wildman–Crippen MR) is 413 cm³/mol. The van der Waals surface area contributed by atoms with Gasteiger partial charge in [0.05, 0.1) is 62.4 Å². The predicted octanol–water partition coefficient (Wildman–Crippen LogP) is 10.6. The van der Waals surface area contributed by atoms with Gasteiger partial charge in [-0.15, -0.1) is 45.3 Å². The monoisotopic (exact) mass is 1570 g/mol.